The van der Waals surface area contributed by atoms with Gasteiger partial charge in [0, 0.05) is 4.47 Å². The van der Waals surface area contributed by atoms with Crippen LogP contribution in [-0.4, -0.2) is 5.11 Å². The summed E-state index contributed by atoms with van der Waals surface area (Å²) in [6, 6.07) is 6.15. The van der Waals surface area contributed by atoms with Crippen molar-refractivity contribution >= 4 is 15.9 Å². The third kappa shape index (κ3) is 3.20. The van der Waals surface area contributed by atoms with Crippen molar-refractivity contribution in [3.05, 3.63) is 45.4 Å². The molecule has 2 rings (SSSR count). The molecule has 1 atom stereocenters. The van der Waals surface area contributed by atoms with Crippen LogP contribution in [0.4, 0.5) is 0 Å². The van der Waals surface area contributed by atoms with Crippen LogP contribution in [0.1, 0.15) is 49.3 Å². The maximum atomic E-state index is 10.4. The van der Waals surface area contributed by atoms with Gasteiger partial charge in [-0.3, -0.25) is 0 Å². The summed E-state index contributed by atoms with van der Waals surface area (Å²) in [4.78, 5) is 0. The van der Waals surface area contributed by atoms with Gasteiger partial charge >= 0.3 is 0 Å². The monoisotopic (exact) mass is 294 g/mol. The van der Waals surface area contributed by atoms with Gasteiger partial charge in [0.1, 0.15) is 6.10 Å². The quantitative estimate of drug-likeness (QED) is 0.785. The fourth-order valence-electron chi connectivity index (χ4n) is 2.34. The first-order valence-electron chi connectivity index (χ1n) is 6.31. The normalized spacial score (nSPS) is 18.4. The molecule has 2 heteroatoms. The minimum atomic E-state index is -0.442. The van der Waals surface area contributed by atoms with Crippen molar-refractivity contribution in [2.24, 2.45) is 0 Å². The van der Waals surface area contributed by atoms with Crippen LogP contribution in [0.15, 0.2) is 34.3 Å². The molecule has 1 aliphatic rings. The van der Waals surface area contributed by atoms with Gasteiger partial charge in [-0.2, -0.15) is 0 Å². The van der Waals surface area contributed by atoms with Crippen LogP contribution in [0.3, 0.4) is 0 Å². The Bertz CT molecular complexity index is 423. The first-order valence-corrected chi connectivity index (χ1v) is 7.11. The molecule has 1 N–H and O–H groups in total. The highest BCUT2D eigenvalue weighted by Gasteiger charge is 2.16. The van der Waals surface area contributed by atoms with E-state index in [0.717, 1.165) is 22.9 Å². The second-order valence-electron chi connectivity index (χ2n) is 4.81. The van der Waals surface area contributed by atoms with Gasteiger partial charge in [-0.15, -0.1) is 0 Å². The average molecular weight is 295 g/mol. The van der Waals surface area contributed by atoms with Crippen LogP contribution in [0.25, 0.3) is 0 Å². The van der Waals surface area contributed by atoms with E-state index in [1.165, 1.54) is 30.4 Å². The van der Waals surface area contributed by atoms with Crippen LogP contribution >= 0.6 is 15.9 Å². The fraction of sp³-hybridized carbons (Fsp3) is 0.467. The van der Waals surface area contributed by atoms with Crippen molar-refractivity contribution in [2.75, 3.05) is 0 Å². The Hall–Kier alpha value is -0.600. The van der Waals surface area contributed by atoms with Gasteiger partial charge in [0.2, 0.25) is 0 Å². The van der Waals surface area contributed by atoms with Crippen molar-refractivity contribution in [3.63, 3.8) is 0 Å². The van der Waals surface area contributed by atoms with Crippen molar-refractivity contribution in [1.82, 2.24) is 0 Å². The van der Waals surface area contributed by atoms with Crippen LogP contribution in [0.2, 0.25) is 0 Å². The van der Waals surface area contributed by atoms with Gasteiger partial charge in [0.15, 0.2) is 0 Å². The third-order valence-electron chi connectivity index (χ3n) is 3.38. The molecule has 0 fully saturated rings. The molecule has 0 radical (unpaired) electrons. The molecule has 0 spiro atoms. The summed E-state index contributed by atoms with van der Waals surface area (Å²) in [7, 11) is 0. The Kier molecular flexibility index (Phi) is 4.41. The molecule has 1 aromatic carbocycles. The largest absolute Gasteiger partial charge is 0.384 e. The number of hydrogen-bond donors (Lipinski definition) is 1. The molecule has 0 heterocycles. The van der Waals surface area contributed by atoms with Gasteiger partial charge in [-0.25, -0.2) is 0 Å². The summed E-state index contributed by atoms with van der Waals surface area (Å²) >= 11 is 3.55. The predicted molar refractivity (Wildman–Crippen MR) is 75.0 cm³/mol. The summed E-state index contributed by atoms with van der Waals surface area (Å²) in [5, 5.41) is 10.4. The van der Waals surface area contributed by atoms with Crippen molar-refractivity contribution < 1.29 is 5.11 Å². The van der Waals surface area contributed by atoms with E-state index in [0.29, 0.717) is 0 Å². The Balaban J connectivity index is 2.23. The molecule has 17 heavy (non-hydrogen) atoms. The maximum absolute atomic E-state index is 10.4. The molecule has 1 aromatic rings. The van der Waals surface area contributed by atoms with E-state index in [1.54, 1.807) is 0 Å². The number of rotatable bonds is 2. The minimum absolute atomic E-state index is 0.442. The molecular formula is C15H19BrO. The summed E-state index contributed by atoms with van der Waals surface area (Å²) in [5.41, 5.74) is 3.39. The van der Waals surface area contributed by atoms with Gasteiger partial charge in [0.25, 0.3) is 0 Å². The summed E-state index contributed by atoms with van der Waals surface area (Å²) < 4.78 is 1.01. The number of hydrogen-bond acceptors (Lipinski definition) is 1. The number of benzene rings is 1. The van der Waals surface area contributed by atoms with Gasteiger partial charge in [-0.1, -0.05) is 40.6 Å². The Labute approximate surface area is 112 Å². The first kappa shape index (κ1) is 12.8. The Morgan fingerprint density at radius 1 is 1.24 bits per heavy atom. The topological polar surface area (TPSA) is 20.2 Å². The van der Waals surface area contributed by atoms with Gasteiger partial charge in [0.05, 0.1) is 0 Å². The lowest BCUT2D eigenvalue weighted by molar-refractivity contribution is 0.210. The molecule has 0 saturated heterocycles. The zero-order valence-electron chi connectivity index (χ0n) is 10.2. The van der Waals surface area contributed by atoms with Gasteiger partial charge in [-0.05, 0) is 55.4 Å². The zero-order valence-corrected chi connectivity index (χ0v) is 11.8. The van der Waals surface area contributed by atoms with E-state index in [9.17, 15) is 5.11 Å². The molecular weight excluding hydrogens is 276 g/mol. The van der Waals surface area contributed by atoms with Crippen molar-refractivity contribution in [3.8, 4) is 0 Å². The number of halogens is 1. The standard InChI is InChI=1S/C15H19BrO/c1-11-8-9-13(14(16)10-11)15(17)12-6-4-2-3-5-7-12/h6,8-10,15,17H,2-5,7H2,1H3. The SMILES string of the molecule is Cc1ccc(C(O)C2=CCCCCC2)c(Br)c1. The highest BCUT2D eigenvalue weighted by molar-refractivity contribution is 9.10. The Morgan fingerprint density at radius 3 is 2.82 bits per heavy atom. The minimum Gasteiger partial charge on any atom is -0.384 e. The van der Waals surface area contributed by atoms with E-state index in [2.05, 4.69) is 41.1 Å². The summed E-state index contributed by atoms with van der Waals surface area (Å²) in [6.45, 7) is 2.06. The van der Waals surface area contributed by atoms with E-state index < -0.39 is 6.10 Å². The number of aliphatic hydroxyl groups excluding tert-OH is 1. The maximum Gasteiger partial charge on any atom is 0.101 e. The van der Waals surface area contributed by atoms with E-state index >= 15 is 0 Å². The fourth-order valence-corrected chi connectivity index (χ4v) is 3.05. The number of allylic oxidation sites excluding steroid dienone is 1. The van der Waals surface area contributed by atoms with Crippen LogP contribution in [0.5, 0.6) is 0 Å². The predicted octanol–water partition coefficient (Wildman–Crippen LogP) is 4.68. The number of aryl methyl sites for hydroxylation is 1. The highest BCUT2D eigenvalue weighted by atomic mass is 79.9. The smallest absolute Gasteiger partial charge is 0.101 e. The lowest BCUT2D eigenvalue weighted by Crippen LogP contribution is -2.02. The lowest BCUT2D eigenvalue weighted by Gasteiger charge is -2.16. The molecule has 0 aromatic heterocycles. The molecule has 92 valence electrons. The molecule has 0 saturated carbocycles. The molecule has 1 unspecified atom stereocenters. The lowest BCUT2D eigenvalue weighted by atomic mass is 9.97. The van der Waals surface area contributed by atoms with Crippen molar-refractivity contribution in [2.45, 2.75) is 45.1 Å². The second-order valence-corrected chi connectivity index (χ2v) is 5.66. The highest BCUT2D eigenvalue weighted by Crippen LogP contribution is 2.33. The summed E-state index contributed by atoms with van der Waals surface area (Å²) in [6.07, 6.45) is 7.66. The first-order chi connectivity index (χ1) is 8.18. The number of aliphatic hydroxyl groups is 1. The van der Waals surface area contributed by atoms with E-state index in [1.807, 2.05) is 6.07 Å². The van der Waals surface area contributed by atoms with Crippen LogP contribution in [0, 0.1) is 6.92 Å². The van der Waals surface area contributed by atoms with E-state index in [-0.39, 0.29) is 0 Å². The van der Waals surface area contributed by atoms with Gasteiger partial charge < -0.3 is 5.11 Å². The molecule has 1 aliphatic carbocycles. The van der Waals surface area contributed by atoms with Crippen molar-refractivity contribution in [1.29, 1.82) is 0 Å². The zero-order chi connectivity index (χ0) is 12.3. The average Bonchev–Trinajstić information content (AvgIpc) is 2.56. The van der Waals surface area contributed by atoms with Crippen LogP contribution in [-0.2, 0) is 0 Å². The molecule has 0 aliphatic heterocycles. The summed E-state index contributed by atoms with van der Waals surface area (Å²) in [5.74, 6) is 0. The third-order valence-corrected chi connectivity index (χ3v) is 4.06. The molecule has 1 nitrogen and oxygen atoms in total. The van der Waals surface area contributed by atoms with Crippen LogP contribution < -0.4 is 0 Å². The Morgan fingerprint density at radius 2 is 2.06 bits per heavy atom. The van der Waals surface area contributed by atoms with E-state index in [4.69, 9.17) is 0 Å². The molecule has 0 bridgehead atoms. The molecule has 0 amide bonds. The second kappa shape index (κ2) is 5.83.